The Bertz CT molecular complexity index is 577. The van der Waals surface area contributed by atoms with Gasteiger partial charge in [0.05, 0.1) is 5.94 Å². The predicted molar refractivity (Wildman–Crippen MR) is 87.5 cm³/mol. The number of amides is 3. The summed E-state index contributed by atoms with van der Waals surface area (Å²) in [5, 5.41) is 21.4. The van der Waals surface area contributed by atoms with Gasteiger partial charge in [-0.1, -0.05) is 30.3 Å². The third-order valence-corrected chi connectivity index (χ3v) is 3.95. The summed E-state index contributed by atoms with van der Waals surface area (Å²) in [6.45, 7) is 0.0169. The lowest BCUT2D eigenvalue weighted by Crippen LogP contribution is -2.49. The zero-order valence-electron chi connectivity index (χ0n) is 13.4. The van der Waals surface area contributed by atoms with Gasteiger partial charge >= 0.3 is 7.12 Å². The summed E-state index contributed by atoms with van der Waals surface area (Å²) in [5.74, 6) is -1.81. The molecule has 1 aliphatic heterocycles. The quantitative estimate of drug-likeness (QED) is 0.468. The maximum atomic E-state index is 12.0. The SMILES string of the molecule is O=C(CCN1C(=O)CCCC1=O)N[C@@H](Cc1ccccc1)B(O)O. The van der Waals surface area contributed by atoms with Gasteiger partial charge in [-0.3, -0.25) is 19.3 Å². The van der Waals surface area contributed by atoms with Crippen molar-refractivity contribution >= 4 is 24.8 Å². The first-order chi connectivity index (χ1) is 11.5. The van der Waals surface area contributed by atoms with Crippen LogP contribution in [0.2, 0.25) is 0 Å². The molecule has 0 aliphatic carbocycles. The van der Waals surface area contributed by atoms with Gasteiger partial charge in [-0.25, -0.2) is 0 Å². The second-order valence-electron chi connectivity index (χ2n) is 5.82. The zero-order valence-corrected chi connectivity index (χ0v) is 13.4. The Hall–Kier alpha value is -2.19. The topological polar surface area (TPSA) is 107 Å². The van der Waals surface area contributed by atoms with Gasteiger partial charge in [-0.15, -0.1) is 0 Å². The smallest absolute Gasteiger partial charge is 0.426 e. The molecule has 1 atom stereocenters. The molecule has 1 fully saturated rings. The Kier molecular flexibility index (Phi) is 6.51. The molecule has 0 radical (unpaired) electrons. The standard InChI is InChI=1S/C16H21BN2O5/c20-14(9-10-19-15(21)7-4-8-16(19)22)18-13(17(23)24)11-12-5-2-1-3-6-12/h1-3,5-6,13,23-24H,4,7-11H2,(H,18,20)/t13-/m0/s1. The predicted octanol–water partition coefficient (Wildman–Crippen LogP) is -0.345. The Labute approximate surface area is 140 Å². The first kappa shape index (κ1) is 18.2. The Balaban J connectivity index is 1.86. The number of nitrogens with zero attached hydrogens (tertiary/aromatic N) is 1. The molecule has 2 rings (SSSR count). The van der Waals surface area contributed by atoms with Crippen LogP contribution in [0.5, 0.6) is 0 Å². The van der Waals surface area contributed by atoms with Crippen molar-refractivity contribution < 1.29 is 24.4 Å². The highest BCUT2D eigenvalue weighted by Crippen LogP contribution is 2.12. The van der Waals surface area contributed by atoms with E-state index in [1.165, 1.54) is 0 Å². The first-order valence-electron chi connectivity index (χ1n) is 8.00. The summed E-state index contributed by atoms with van der Waals surface area (Å²) in [6.07, 6.45) is 1.40. The summed E-state index contributed by atoms with van der Waals surface area (Å²) in [4.78, 5) is 36.5. The lowest BCUT2D eigenvalue weighted by Gasteiger charge is -2.25. The molecule has 0 saturated carbocycles. The van der Waals surface area contributed by atoms with Crippen LogP contribution in [0.15, 0.2) is 30.3 Å². The zero-order chi connectivity index (χ0) is 17.5. The van der Waals surface area contributed by atoms with Crippen molar-refractivity contribution in [2.45, 2.75) is 38.0 Å². The minimum Gasteiger partial charge on any atom is -0.426 e. The van der Waals surface area contributed by atoms with Gasteiger partial charge in [-0.2, -0.15) is 0 Å². The number of carbonyl (C=O) groups is 3. The number of hydrogen-bond acceptors (Lipinski definition) is 5. The first-order valence-corrected chi connectivity index (χ1v) is 8.00. The Morgan fingerprint density at radius 1 is 1.17 bits per heavy atom. The second kappa shape index (κ2) is 8.61. The number of benzene rings is 1. The van der Waals surface area contributed by atoms with Gasteiger partial charge in [0.2, 0.25) is 17.7 Å². The Morgan fingerprint density at radius 2 is 1.79 bits per heavy atom. The van der Waals surface area contributed by atoms with E-state index in [0.717, 1.165) is 10.5 Å². The number of imide groups is 1. The summed E-state index contributed by atoms with van der Waals surface area (Å²) < 4.78 is 0. The number of carbonyl (C=O) groups excluding carboxylic acids is 3. The maximum Gasteiger partial charge on any atom is 0.475 e. The molecule has 7 nitrogen and oxygen atoms in total. The van der Waals surface area contributed by atoms with Crippen LogP contribution in [0, 0.1) is 0 Å². The molecular formula is C16H21BN2O5. The van der Waals surface area contributed by atoms with E-state index in [2.05, 4.69) is 5.32 Å². The minimum atomic E-state index is -1.70. The summed E-state index contributed by atoms with van der Waals surface area (Å²) >= 11 is 0. The van der Waals surface area contributed by atoms with Crippen molar-refractivity contribution in [3.8, 4) is 0 Å². The van der Waals surface area contributed by atoms with E-state index >= 15 is 0 Å². The highest BCUT2D eigenvalue weighted by atomic mass is 16.4. The molecule has 1 heterocycles. The molecule has 1 aromatic rings. The highest BCUT2D eigenvalue weighted by Gasteiger charge is 2.28. The minimum absolute atomic E-state index is 0.0169. The molecule has 0 aromatic heterocycles. The molecule has 128 valence electrons. The van der Waals surface area contributed by atoms with Crippen LogP contribution in [-0.2, 0) is 20.8 Å². The summed E-state index contributed by atoms with van der Waals surface area (Å²) in [5.41, 5.74) is 0.859. The van der Waals surface area contributed by atoms with Crippen LogP contribution in [0.3, 0.4) is 0 Å². The van der Waals surface area contributed by atoms with Crippen molar-refractivity contribution in [3.63, 3.8) is 0 Å². The summed E-state index contributed by atoms with van der Waals surface area (Å²) in [6, 6.07) is 9.15. The van der Waals surface area contributed by atoms with E-state index < -0.39 is 19.0 Å². The molecule has 24 heavy (non-hydrogen) atoms. The van der Waals surface area contributed by atoms with Crippen molar-refractivity contribution in [2.75, 3.05) is 6.54 Å². The average molecular weight is 332 g/mol. The van der Waals surface area contributed by atoms with Gasteiger partial charge in [0.15, 0.2) is 0 Å². The van der Waals surface area contributed by atoms with Crippen LogP contribution in [0.25, 0.3) is 0 Å². The van der Waals surface area contributed by atoms with Crippen molar-refractivity contribution in [3.05, 3.63) is 35.9 Å². The molecule has 3 N–H and O–H groups in total. The van der Waals surface area contributed by atoms with Crippen molar-refractivity contribution in [1.29, 1.82) is 0 Å². The number of piperidine rings is 1. The third kappa shape index (κ3) is 5.18. The Morgan fingerprint density at radius 3 is 2.38 bits per heavy atom. The lowest BCUT2D eigenvalue weighted by molar-refractivity contribution is -0.148. The third-order valence-electron chi connectivity index (χ3n) is 3.95. The van der Waals surface area contributed by atoms with E-state index in [9.17, 15) is 24.4 Å². The molecule has 1 saturated heterocycles. The number of likely N-dealkylation sites (tertiary alicyclic amines) is 1. The summed E-state index contributed by atoms with van der Waals surface area (Å²) in [7, 11) is -1.70. The van der Waals surface area contributed by atoms with Gasteiger partial charge in [0.25, 0.3) is 0 Å². The number of hydrogen-bond donors (Lipinski definition) is 3. The molecule has 1 aliphatic rings. The van der Waals surface area contributed by atoms with Crippen molar-refractivity contribution in [2.24, 2.45) is 0 Å². The van der Waals surface area contributed by atoms with E-state index in [0.29, 0.717) is 19.3 Å². The van der Waals surface area contributed by atoms with Gasteiger partial charge in [-0.05, 0) is 18.4 Å². The van der Waals surface area contributed by atoms with Gasteiger partial charge in [0, 0.05) is 25.8 Å². The number of rotatable bonds is 7. The average Bonchev–Trinajstić information content (AvgIpc) is 2.54. The molecule has 8 heteroatoms. The fourth-order valence-electron chi connectivity index (χ4n) is 2.64. The molecule has 3 amide bonds. The largest absolute Gasteiger partial charge is 0.475 e. The van der Waals surface area contributed by atoms with Crippen LogP contribution < -0.4 is 5.32 Å². The van der Waals surface area contributed by atoms with E-state index in [4.69, 9.17) is 0 Å². The van der Waals surface area contributed by atoms with Crippen molar-refractivity contribution in [1.82, 2.24) is 10.2 Å². The van der Waals surface area contributed by atoms with Crippen LogP contribution >= 0.6 is 0 Å². The lowest BCUT2D eigenvalue weighted by atomic mass is 9.76. The maximum absolute atomic E-state index is 12.0. The van der Waals surface area contributed by atoms with Gasteiger partial charge < -0.3 is 15.4 Å². The normalized spacial score (nSPS) is 16.0. The van der Waals surface area contributed by atoms with E-state index in [1.807, 2.05) is 30.3 Å². The van der Waals surface area contributed by atoms with E-state index in [1.54, 1.807) is 0 Å². The second-order valence-corrected chi connectivity index (χ2v) is 5.82. The highest BCUT2D eigenvalue weighted by molar-refractivity contribution is 6.43. The fourth-order valence-corrected chi connectivity index (χ4v) is 2.64. The van der Waals surface area contributed by atoms with Crippen LogP contribution in [-0.4, -0.2) is 52.3 Å². The monoisotopic (exact) mass is 332 g/mol. The van der Waals surface area contributed by atoms with Crippen LogP contribution in [0.1, 0.15) is 31.2 Å². The molecule has 0 unspecified atom stereocenters. The molecular weight excluding hydrogens is 311 g/mol. The van der Waals surface area contributed by atoms with Gasteiger partial charge in [0.1, 0.15) is 0 Å². The molecule has 1 aromatic carbocycles. The molecule has 0 spiro atoms. The van der Waals surface area contributed by atoms with E-state index in [-0.39, 0.29) is 31.2 Å². The van der Waals surface area contributed by atoms with Crippen LogP contribution in [0.4, 0.5) is 0 Å². The number of nitrogens with one attached hydrogen (secondary N) is 1. The fraction of sp³-hybridized carbons (Fsp3) is 0.438. The molecule has 0 bridgehead atoms.